The first-order valence-corrected chi connectivity index (χ1v) is 13.5. The van der Waals surface area contributed by atoms with Crippen molar-refractivity contribution in [2.24, 2.45) is 0 Å². The Kier molecular flexibility index (Phi) is 22.8. The number of ether oxygens (including phenoxy) is 1. The Hall–Kier alpha value is -1.06. The highest BCUT2D eigenvalue weighted by Gasteiger charge is 2.14. The van der Waals surface area contributed by atoms with Gasteiger partial charge in [0.1, 0.15) is 6.10 Å². The van der Waals surface area contributed by atoms with Gasteiger partial charge in [-0.25, -0.2) is 0 Å². The second-order valence-corrected chi connectivity index (χ2v) is 9.24. The molecule has 4 nitrogen and oxygen atoms in total. The van der Waals surface area contributed by atoms with Crippen LogP contribution in [0.5, 0.6) is 0 Å². The van der Waals surface area contributed by atoms with Crippen LogP contribution >= 0.6 is 0 Å². The highest BCUT2D eigenvalue weighted by molar-refractivity contribution is 5.69. The van der Waals surface area contributed by atoms with E-state index in [2.05, 4.69) is 13.8 Å². The molecule has 4 heteroatoms. The van der Waals surface area contributed by atoms with Gasteiger partial charge in [0.2, 0.25) is 0 Å². The van der Waals surface area contributed by atoms with Gasteiger partial charge in [-0.3, -0.25) is 9.59 Å². The first kappa shape index (κ1) is 29.9. The van der Waals surface area contributed by atoms with Crippen molar-refractivity contribution in [2.45, 2.75) is 161 Å². The molecule has 1 unspecified atom stereocenters. The largest absolute Gasteiger partial charge is 0.481 e. The van der Waals surface area contributed by atoms with Crippen molar-refractivity contribution in [1.82, 2.24) is 0 Å². The van der Waals surface area contributed by atoms with Crippen molar-refractivity contribution in [3.05, 3.63) is 0 Å². The van der Waals surface area contributed by atoms with E-state index in [0.717, 1.165) is 64.2 Å². The molecule has 0 fully saturated rings. The summed E-state index contributed by atoms with van der Waals surface area (Å²) in [6, 6.07) is 0. The average molecular weight is 441 g/mol. The number of carboxylic acid groups (broad SMARTS) is 1. The molecule has 0 aromatic heterocycles. The van der Waals surface area contributed by atoms with Gasteiger partial charge in [0.15, 0.2) is 0 Å². The average Bonchev–Trinajstić information content (AvgIpc) is 2.74. The minimum absolute atomic E-state index is 0.00936. The van der Waals surface area contributed by atoms with Crippen LogP contribution in [-0.4, -0.2) is 23.1 Å². The van der Waals surface area contributed by atoms with Gasteiger partial charge in [0.05, 0.1) is 0 Å². The topological polar surface area (TPSA) is 63.6 Å². The molecule has 0 saturated carbocycles. The fourth-order valence-corrected chi connectivity index (χ4v) is 4.06. The summed E-state index contributed by atoms with van der Waals surface area (Å²) in [7, 11) is 0. The molecule has 0 aliphatic heterocycles. The molecule has 1 N–H and O–H groups in total. The van der Waals surface area contributed by atoms with Crippen LogP contribution in [0, 0.1) is 0 Å². The Labute approximate surface area is 192 Å². The van der Waals surface area contributed by atoms with E-state index < -0.39 is 5.97 Å². The first-order valence-electron chi connectivity index (χ1n) is 13.5. The number of rotatable bonds is 24. The number of carboxylic acids is 1. The molecule has 0 spiro atoms. The van der Waals surface area contributed by atoms with Crippen LogP contribution in [0.25, 0.3) is 0 Å². The summed E-state index contributed by atoms with van der Waals surface area (Å²) < 4.78 is 5.87. The standard InChI is InChI=1S/C27H52O4/c1-3-5-7-9-11-13-17-21-25(22-18-14-12-15-19-23-26(28)29)31-27(30)24-20-16-10-8-6-4-2/h25H,3-24H2,1-2H3,(H,28,29). The first-order chi connectivity index (χ1) is 15.1. The van der Waals surface area contributed by atoms with E-state index in [1.165, 1.54) is 64.2 Å². The zero-order valence-corrected chi connectivity index (χ0v) is 20.8. The number of esters is 1. The predicted molar refractivity (Wildman–Crippen MR) is 130 cm³/mol. The highest BCUT2D eigenvalue weighted by atomic mass is 16.5. The highest BCUT2D eigenvalue weighted by Crippen LogP contribution is 2.18. The summed E-state index contributed by atoms with van der Waals surface area (Å²) in [5.41, 5.74) is 0. The molecule has 0 aliphatic rings. The number of aliphatic carboxylic acids is 1. The van der Waals surface area contributed by atoms with Crippen LogP contribution in [0.3, 0.4) is 0 Å². The van der Waals surface area contributed by atoms with E-state index in [1.807, 2.05) is 0 Å². The molecular formula is C27H52O4. The number of hydrogen-bond acceptors (Lipinski definition) is 3. The van der Waals surface area contributed by atoms with Gasteiger partial charge >= 0.3 is 11.9 Å². The smallest absolute Gasteiger partial charge is 0.306 e. The lowest BCUT2D eigenvalue weighted by molar-refractivity contribution is -0.150. The quantitative estimate of drug-likeness (QED) is 0.120. The van der Waals surface area contributed by atoms with Gasteiger partial charge in [0.25, 0.3) is 0 Å². The molecule has 0 radical (unpaired) electrons. The molecule has 0 aliphatic carbocycles. The van der Waals surface area contributed by atoms with Crippen LogP contribution in [0.4, 0.5) is 0 Å². The van der Waals surface area contributed by atoms with Gasteiger partial charge in [-0.2, -0.15) is 0 Å². The molecule has 0 heterocycles. The van der Waals surface area contributed by atoms with Gasteiger partial charge in [-0.05, 0) is 38.5 Å². The van der Waals surface area contributed by atoms with E-state index in [9.17, 15) is 9.59 Å². The number of carbonyl (C=O) groups is 2. The molecule has 0 aromatic carbocycles. The summed E-state index contributed by atoms with van der Waals surface area (Å²) in [6.45, 7) is 4.47. The van der Waals surface area contributed by atoms with E-state index in [4.69, 9.17) is 9.84 Å². The fourth-order valence-electron chi connectivity index (χ4n) is 4.06. The maximum atomic E-state index is 12.3. The van der Waals surface area contributed by atoms with Crippen LogP contribution in [0.15, 0.2) is 0 Å². The van der Waals surface area contributed by atoms with Crippen molar-refractivity contribution in [3.63, 3.8) is 0 Å². The van der Waals surface area contributed by atoms with E-state index >= 15 is 0 Å². The van der Waals surface area contributed by atoms with E-state index in [-0.39, 0.29) is 18.5 Å². The normalized spacial score (nSPS) is 12.1. The molecule has 0 rings (SSSR count). The van der Waals surface area contributed by atoms with Crippen molar-refractivity contribution >= 4 is 11.9 Å². The van der Waals surface area contributed by atoms with Gasteiger partial charge in [0, 0.05) is 12.8 Å². The van der Waals surface area contributed by atoms with Crippen LogP contribution in [0.1, 0.15) is 155 Å². The molecule has 184 valence electrons. The third-order valence-corrected chi connectivity index (χ3v) is 6.08. The zero-order chi connectivity index (χ0) is 23.0. The minimum Gasteiger partial charge on any atom is -0.481 e. The summed E-state index contributed by atoms with van der Waals surface area (Å²) in [5.74, 6) is -0.711. The lowest BCUT2D eigenvalue weighted by Gasteiger charge is -2.18. The third kappa shape index (κ3) is 23.4. The van der Waals surface area contributed by atoms with Gasteiger partial charge in [-0.15, -0.1) is 0 Å². The molecule has 0 saturated heterocycles. The maximum absolute atomic E-state index is 12.3. The van der Waals surface area contributed by atoms with Crippen LogP contribution in [-0.2, 0) is 14.3 Å². The van der Waals surface area contributed by atoms with Crippen molar-refractivity contribution in [2.75, 3.05) is 0 Å². The molecule has 0 bridgehead atoms. The Morgan fingerprint density at radius 1 is 0.581 bits per heavy atom. The van der Waals surface area contributed by atoms with Gasteiger partial charge in [-0.1, -0.05) is 104 Å². The monoisotopic (exact) mass is 440 g/mol. The maximum Gasteiger partial charge on any atom is 0.306 e. The SMILES string of the molecule is CCCCCCCCCC(CCCCCCCC(=O)O)OC(=O)CCCCCCCC. The second-order valence-electron chi connectivity index (χ2n) is 9.24. The van der Waals surface area contributed by atoms with Gasteiger partial charge < -0.3 is 9.84 Å². The number of unbranched alkanes of at least 4 members (excludes halogenated alkanes) is 15. The third-order valence-electron chi connectivity index (χ3n) is 6.08. The molecule has 0 aromatic rings. The molecule has 31 heavy (non-hydrogen) atoms. The predicted octanol–water partition coefficient (Wildman–Crippen LogP) is 8.60. The van der Waals surface area contributed by atoms with Crippen molar-refractivity contribution in [3.8, 4) is 0 Å². The molecule has 0 amide bonds. The Bertz CT molecular complexity index is 408. The lowest BCUT2D eigenvalue weighted by Crippen LogP contribution is -2.18. The molecular weight excluding hydrogens is 388 g/mol. The van der Waals surface area contributed by atoms with Crippen LogP contribution < -0.4 is 0 Å². The molecule has 1 atom stereocenters. The van der Waals surface area contributed by atoms with Crippen molar-refractivity contribution in [1.29, 1.82) is 0 Å². The van der Waals surface area contributed by atoms with E-state index in [0.29, 0.717) is 6.42 Å². The number of carbonyl (C=O) groups excluding carboxylic acids is 1. The lowest BCUT2D eigenvalue weighted by atomic mass is 10.0. The Balaban J connectivity index is 4.05. The summed E-state index contributed by atoms with van der Waals surface area (Å²) >= 11 is 0. The fraction of sp³-hybridized carbons (Fsp3) is 0.926. The van der Waals surface area contributed by atoms with E-state index in [1.54, 1.807) is 0 Å². The Morgan fingerprint density at radius 2 is 0.968 bits per heavy atom. The number of hydrogen-bond donors (Lipinski definition) is 1. The summed E-state index contributed by atoms with van der Waals surface area (Å²) in [6.07, 6.45) is 24.0. The minimum atomic E-state index is -0.702. The summed E-state index contributed by atoms with van der Waals surface area (Å²) in [4.78, 5) is 22.9. The van der Waals surface area contributed by atoms with Crippen LogP contribution in [0.2, 0.25) is 0 Å². The van der Waals surface area contributed by atoms with Crippen molar-refractivity contribution < 1.29 is 19.4 Å². The second kappa shape index (κ2) is 23.6. The summed E-state index contributed by atoms with van der Waals surface area (Å²) in [5, 5.41) is 8.70. The zero-order valence-electron chi connectivity index (χ0n) is 20.8. The Morgan fingerprint density at radius 3 is 1.42 bits per heavy atom.